The minimum absolute atomic E-state index is 0.292. The van der Waals surface area contributed by atoms with Crippen LogP contribution in [0.25, 0.3) is 0 Å². The van der Waals surface area contributed by atoms with E-state index in [1.165, 1.54) is 5.56 Å². The van der Waals surface area contributed by atoms with Gasteiger partial charge < -0.3 is 25.4 Å². The van der Waals surface area contributed by atoms with Crippen LogP contribution in [0, 0.1) is 6.92 Å². The van der Waals surface area contributed by atoms with E-state index in [-0.39, 0.29) is 6.61 Å². The highest BCUT2D eigenvalue weighted by molar-refractivity contribution is 5.44. The summed E-state index contributed by atoms with van der Waals surface area (Å²) in [7, 11) is 0. The number of hydrogen-bond acceptors (Lipinski definition) is 5. The molecule has 0 aliphatic carbocycles. The maximum absolute atomic E-state index is 9.76. The Bertz CT molecular complexity index is 381. The fourth-order valence-corrected chi connectivity index (χ4v) is 2.04. The van der Waals surface area contributed by atoms with Gasteiger partial charge in [0.1, 0.15) is 24.4 Å². The molecule has 2 rings (SSSR count). The molecular formula is C13H19NO4. The molecule has 1 aromatic carbocycles. The number of aliphatic hydroxyl groups is 3. The lowest BCUT2D eigenvalue weighted by molar-refractivity contribution is -0.0184. The first-order valence-corrected chi connectivity index (χ1v) is 6.05. The molecule has 5 heteroatoms. The second-order valence-electron chi connectivity index (χ2n) is 4.62. The van der Waals surface area contributed by atoms with Crippen LogP contribution in [-0.4, -0.2) is 52.9 Å². The highest BCUT2D eigenvalue weighted by Gasteiger charge is 2.41. The normalized spacial score (nSPS) is 31.6. The molecule has 0 bridgehead atoms. The predicted octanol–water partition coefficient (Wildman–Crippen LogP) is -0.112. The molecule has 5 nitrogen and oxygen atoms in total. The number of anilines is 1. The van der Waals surface area contributed by atoms with E-state index in [1.807, 2.05) is 31.2 Å². The lowest BCUT2D eigenvalue weighted by atomic mass is 10.1. The zero-order valence-electron chi connectivity index (χ0n) is 10.3. The Balaban J connectivity index is 1.89. The molecule has 0 amide bonds. The van der Waals surface area contributed by atoms with Crippen molar-refractivity contribution in [3.63, 3.8) is 0 Å². The molecule has 18 heavy (non-hydrogen) atoms. The first-order chi connectivity index (χ1) is 8.61. The Kier molecular flexibility index (Phi) is 4.19. The van der Waals surface area contributed by atoms with Crippen molar-refractivity contribution in [2.45, 2.75) is 31.3 Å². The van der Waals surface area contributed by atoms with E-state index in [9.17, 15) is 10.2 Å². The summed E-state index contributed by atoms with van der Waals surface area (Å²) in [5.74, 6) is 0. The van der Waals surface area contributed by atoms with E-state index < -0.39 is 24.4 Å². The summed E-state index contributed by atoms with van der Waals surface area (Å²) in [4.78, 5) is 0. The van der Waals surface area contributed by atoms with Crippen molar-refractivity contribution in [2.24, 2.45) is 0 Å². The average molecular weight is 253 g/mol. The van der Waals surface area contributed by atoms with Gasteiger partial charge in [0.25, 0.3) is 0 Å². The highest BCUT2D eigenvalue weighted by atomic mass is 16.6. The van der Waals surface area contributed by atoms with Crippen LogP contribution >= 0.6 is 0 Å². The van der Waals surface area contributed by atoms with Crippen molar-refractivity contribution < 1.29 is 20.1 Å². The van der Waals surface area contributed by atoms with Crippen LogP contribution in [0.5, 0.6) is 0 Å². The Hall–Kier alpha value is -1.14. The SMILES string of the molecule is Cc1ccc(NC[C@H]2O[C@@H](CO)[C@@H](O)[C@@H]2O)cc1. The quantitative estimate of drug-likeness (QED) is 0.602. The van der Waals surface area contributed by atoms with Crippen LogP contribution in [-0.2, 0) is 4.74 Å². The van der Waals surface area contributed by atoms with E-state index in [0.717, 1.165) is 5.69 Å². The topological polar surface area (TPSA) is 82.0 Å². The van der Waals surface area contributed by atoms with E-state index in [2.05, 4.69) is 5.32 Å². The second-order valence-corrected chi connectivity index (χ2v) is 4.62. The van der Waals surface area contributed by atoms with E-state index in [0.29, 0.717) is 6.54 Å². The lowest BCUT2D eigenvalue weighted by Gasteiger charge is -2.16. The van der Waals surface area contributed by atoms with Crippen LogP contribution < -0.4 is 5.32 Å². The molecule has 1 saturated heterocycles. The van der Waals surface area contributed by atoms with Gasteiger partial charge in [-0.15, -0.1) is 0 Å². The summed E-state index contributed by atoms with van der Waals surface area (Å²) in [5.41, 5.74) is 2.10. The number of rotatable bonds is 4. The Morgan fingerprint density at radius 2 is 1.72 bits per heavy atom. The zero-order chi connectivity index (χ0) is 13.1. The van der Waals surface area contributed by atoms with Gasteiger partial charge in [0, 0.05) is 12.2 Å². The van der Waals surface area contributed by atoms with Crippen molar-refractivity contribution in [3.05, 3.63) is 29.8 Å². The van der Waals surface area contributed by atoms with Gasteiger partial charge in [-0.3, -0.25) is 0 Å². The summed E-state index contributed by atoms with van der Waals surface area (Å²) >= 11 is 0. The summed E-state index contributed by atoms with van der Waals surface area (Å²) in [5, 5.41) is 31.5. The largest absolute Gasteiger partial charge is 0.394 e. The van der Waals surface area contributed by atoms with Crippen molar-refractivity contribution in [1.29, 1.82) is 0 Å². The minimum atomic E-state index is -1.03. The maximum atomic E-state index is 9.76. The van der Waals surface area contributed by atoms with Crippen LogP contribution in [0.2, 0.25) is 0 Å². The van der Waals surface area contributed by atoms with E-state index in [1.54, 1.807) is 0 Å². The van der Waals surface area contributed by atoms with Crippen molar-refractivity contribution in [1.82, 2.24) is 0 Å². The van der Waals surface area contributed by atoms with Crippen molar-refractivity contribution >= 4 is 5.69 Å². The Labute approximate surface area is 106 Å². The molecule has 1 heterocycles. The number of hydrogen-bond donors (Lipinski definition) is 4. The highest BCUT2D eigenvalue weighted by Crippen LogP contribution is 2.21. The van der Waals surface area contributed by atoms with Gasteiger partial charge >= 0.3 is 0 Å². The van der Waals surface area contributed by atoms with Crippen LogP contribution in [0.4, 0.5) is 5.69 Å². The number of nitrogens with one attached hydrogen (secondary N) is 1. The molecule has 1 aliphatic heterocycles. The molecule has 4 N–H and O–H groups in total. The molecule has 1 aromatic rings. The third kappa shape index (κ3) is 2.81. The van der Waals surface area contributed by atoms with Crippen molar-refractivity contribution in [2.75, 3.05) is 18.5 Å². The summed E-state index contributed by atoms with van der Waals surface area (Å²) in [6, 6.07) is 7.85. The maximum Gasteiger partial charge on any atom is 0.111 e. The number of aryl methyl sites for hydroxylation is 1. The second kappa shape index (κ2) is 5.67. The van der Waals surface area contributed by atoms with Gasteiger partial charge in [0.05, 0.1) is 6.61 Å². The summed E-state index contributed by atoms with van der Waals surface area (Å²) < 4.78 is 5.37. The third-order valence-corrected chi connectivity index (χ3v) is 3.20. The molecule has 1 fully saturated rings. The summed E-state index contributed by atoms with van der Waals surface area (Å²) in [6.45, 7) is 2.10. The molecular weight excluding hydrogens is 234 g/mol. The van der Waals surface area contributed by atoms with Crippen molar-refractivity contribution in [3.8, 4) is 0 Å². The monoisotopic (exact) mass is 253 g/mol. The van der Waals surface area contributed by atoms with Crippen LogP contribution in [0.3, 0.4) is 0 Å². The van der Waals surface area contributed by atoms with Gasteiger partial charge in [-0.05, 0) is 19.1 Å². The molecule has 100 valence electrons. The Morgan fingerprint density at radius 3 is 2.28 bits per heavy atom. The standard InChI is InChI=1S/C13H19NO4/c1-8-2-4-9(5-3-8)14-6-10-12(16)13(17)11(7-15)18-10/h2-5,10-17H,6-7H2,1H3/t10-,11+,12-,13-/m1/s1. The van der Waals surface area contributed by atoms with Gasteiger partial charge in [-0.1, -0.05) is 17.7 Å². The molecule has 0 spiro atoms. The molecule has 4 atom stereocenters. The Morgan fingerprint density at radius 1 is 1.11 bits per heavy atom. The van der Waals surface area contributed by atoms with Crippen LogP contribution in [0.1, 0.15) is 5.56 Å². The van der Waals surface area contributed by atoms with Gasteiger partial charge in [0.2, 0.25) is 0 Å². The average Bonchev–Trinajstić information content (AvgIpc) is 2.65. The zero-order valence-corrected chi connectivity index (χ0v) is 10.3. The predicted molar refractivity (Wildman–Crippen MR) is 67.4 cm³/mol. The molecule has 0 unspecified atom stereocenters. The van der Waals surface area contributed by atoms with Gasteiger partial charge in [-0.2, -0.15) is 0 Å². The third-order valence-electron chi connectivity index (χ3n) is 3.20. The number of ether oxygens (including phenoxy) is 1. The minimum Gasteiger partial charge on any atom is -0.394 e. The molecule has 0 radical (unpaired) electrons. The number of benzene rings is 1. The van der Waals surface area contributed by atoms with E-state index >= 15 is 0 Å². The van der Waals surface area contributed by atoms with Crippen LogP contribution in [0.15, 0.2) is 24.3 Å². The summed E-state index contributed by atoms with van der Waals surface area (Å²) in [6.07, 6.45) is -3.22. The fraction of sp³-hybridized carbons (Fsp3) is 0.538. The number of aliphatic hydroxyl groups excluding tert-OH is 3. The first-order valence-electron chi connectivity index (χ1n) is 6.05. The lowest BCUT2D eigenvalue weighted by Crippen LogP contribution is -2.36. The fourth-order valence-electron chi connectivity index (χ4n) is 2.04. The molecule has 0 aromatic heterocycles. The molecule has 1 aliphatic rings. The molecule has 0 saturated carbocycles. The van der Waals surface area contributed by atoms with Gasteiger partial charge in [-0.25, -0.2) is 0 Å². The smallest absolute Gasteiger partial charge is 0.111 e. The van der Waals surface area contributed by atoms with Gasteiger partial charge in [0.15, 0.2) is 0 Å². The van der Waals surface area contributed by atoms with E-state index in [4.69, 9.17) is 9.84 Å². The first kappa shape index (κ1) is 13.3.